The Morgan fingerprint density at radius 3 is 2.54 bits per heavy atom. The number of hydrogen-bond acceptors (Lipinski definition) is 7. The van der Waals surface area contributed by atoms with Crippen molar-refractivity contribution in [2.24, 2.45) is 5.73 Å². The molecule has 2 aliphatic rings. The Labute approximate surface area is 144 Å². The molecule has 1 atom stereocenters. The minimum Gasteiger partial charge on any atom is -0.493 e. The Morgan fingerprint density at radius 2 is 2.00 bits per heavy atom. The van der Waals surface area contributed by atoms with Gasteiger partial charge in [-0.3, -0.25) is 14.9 Å². The van der Waals surface area contributed by atoms with Gasteiger partial charge in [-0.2, -0.15) is 0 Å². The molecule has 24 heavy (non-hydrogen) atoms. The summed E-state index contributed by atoms with van der Waals surface area (Å²) in [5.74, 6) is 0.782. The van der Waals surface area contributed by atoms with Crippen LogP contribution in [0.2, 0.25) is 0 Å². The van der Waals surface area contributed by atoms with Gasteiger partial charge < -0.3 is 20.1 Å². The highest BCUT2D eigenvalue weighted by atomic mass is 32.2. The highest BCUT2D eigenvalue weighted by Crippen LogP contribution is 2.38. The monoisotopic (exact) mass is 349 g/mol. The fourth-order valence-electron chi connectivity index (χ4n) is 2.84. The van der Waals surface area contributed by atoms with Crippen molar-refractivity contribution in [3.63, 3.8) is 0 Å². The van der Waals surface area contributed by atoms with Gasteiger partial charge in [0, 0.05) is 36.4 Å². The Balaban J connectivity index is 2.06. The van der Waals surface area contributed by atoms with Crippen LogP contribution in [-0.4, -0.2) is 44.5 Å². The lowest BCUT2D eigenvalue weighted by Crippen LogP contribution is -2.26. The quantitative estimate of drug-likeness (QED) is 0.797. The molecule has 0 spiro atoms. The predicted octanol–water partition coefficient (Wildman–Crippen LogP) is 1.57. The van der Waals surface area contributed by atoms with Crippen molar-refractivity contribution in [2.75, 3.05) is 32.2 Å². The number of nitrogens with zero attached hydrogens (tertiary/aromatic N) is 1. The maximum atomic E-state index is 11.8. The summed E-state index contributed by atoms with van der Waals surface area (Å²) in [4.78, 5) is 25.7. The Kier molecular flexibility index (Phi) is 4.68. The molecule has 2 saturated heterocycles. The Bertz CT molecular complexity index is 720. The molecule has 0 aliphatic carbocycles. The van der Waals surface area contributed by atoms with Gasteiger partial charge in [-0.1, -0.05) is 0 Å². The second-order valence-electron chi connectivity index (χ2n) is 5.61. The van der Waals surface area contributed by atoms with Crippen LogP contribution in [-0.2, 0) is 4.79 Å². The van der Waals surface area contributed by atoms with Crippen molar-refractivity contribution in [3.8, 4) is 11.5 Å². The molecule has 3 N–H and O–H groups in total. The number of benzene rings is 1. The number of carbonyl (C=O) groups is 2. The summed E-state index contributed by atoms with van der Waals surface area (Å²) in [6.07, 6.45) is 2.60. The van der Waals surface area contributed by atoms with Crippen molar-refractivity contribution in [2.45, 2.75) is 12.5 Å². The third kappa shape index (κ3) is 3.20. The van der Waals surface area contributed by atoms with E-state index in [4.69, 9.17) is 15.2 Å². The van der Waals surface area contributed by atoms with Gasteiger partial charge in [0.1, 0.15) is 0 Å². The van der Waals surface area contributed by atoms with Crippen LogP contribution in [0.4, 0.5) is 10.5 Å². The van der Waals surface area contributed by atoms with Crippen molar-refractivity contribution in [1.29, 1.82) is 0 Å². The highest BCUT2D eigenvalue weighted by molar-refractivity contribution is 8.18. The second-order valence-corrected chi connectivity index (χ2v) is 6.63. The second kappa shape index (κ2) is 6.74. The molecule has 0 bridgehead atoms. The summed E-state index contributed by atoms with van der Waals surface area (Å²) < 4.78 is 10.7. The number of nitrogens with two attached hydrogens (primary N) is 1. The molecule has 2 aliphatic heterocycles. The van der Waals surface area contributed by atoms with Gasteiger partial charge in [-0.25, -0.2) is 0 Å². The van der Waals surface area contributed by atoms with E-state index in [1.165, 1.54) is 0 Å². The third-order valence-corrected chi connectivity index (χ3v) is 4.84. The van der Waals surface area contributed by atoms with Crippen molar-refractivity contribution < 1.29 is 19.1 Å². The molecular formula is C16H19N3O4S. The normalized spacial score (nSPS) is 22.2. The number of carbonyl (C=O) groups excluding carboxylic acids is 2. The number of amides is 2. The SMILES string of the molecule is COc1cc(/C=C2\SC(=O)NC2=O)c(N2CC[C@H](N)C2)cc1OC. The first-order valence-electron chi connectivity index (χ1n) is 7.53. The molecule has 7 nitrogen and oxygen atoms in total. The predicted molar refractivity (Wildman–Crippen MR) is 93.5 cm³/mol. The highest BCUT2D eigenvalue weighted by Gasteiger charge is 2.27. The van der Waals surface area contributed by atoms with Crippen LogP contribution in [0.25, 0.3) is 6.08 Å². The van der Waals surface area contributed by atoms with Crippen LogP contribution in [0.15, 0.2) is 17.0 Å². The molecule has 2 fully saturated rings. The van der Waals surface area contributed by atoms with E-state index < -0.39 is 0 Å². The van der Waals surface area contributed by atoms with Crippen LogP contribution in [0.3, 0.4) is 0 Å². The number of hydrogen-bond donors (Lipinski definition) is 2. The first-order chi connectivity index (χ1) is 11.5. The summed E-state index contributed by atoms with van der Waals surface area (Å²) in [7, 11) is 3.13. The smallest absolute Gasteiger partial charge is 0.290 e. The van der Waals surface area contributed by atoms with Crippen LogP contribution < -0.4 is 25.4 Å². The van der Waals surface area contributed by atoms with Gasteiger partial charge in [0.2, 0.25) is 0 Å². The first kappa shape index (κ1) is 16.7. The molecule has 0 aromatic heterocycles. The van der Waals surface area contributed by atoms with Gasteiger partial charge in [-0.05, 0) is 30.3 Å². The minimum absolute atomic E-state index is 0.115. The molecule has 2 amide bonds. The summed E-state index contributed by atoms with van der Waals surface area (Å²) >= 11 is 0.890. The number of thioether (sulfide) groups is 1. The van der Waals surface area contributed by atoms with Crippen LogP contribution >= 0.6 is 11.8 Å². The van der Waals surface area contributed by atoms with E-state index >= 15 is 0 Å². The molecule has 1 aromatic carbocycles. The minimum atomic E-state index is -0.385. The summed E-state index contributed by atoms with van der Waals surface area (Å²) in [6.45, 7) is 1.55. The van der Waals surface area contributed by atoms with E-state index in [1.54, 1.807) is 20.3 Å². The molecule has 3 rings (SSSR count). The van der Waals surface area contributed by atoms with E-state index in [0.717, 1.165) is 42.5 Å². The molecule has 1 aromatic rings. The van der Waals surface area contributed by atoms with E-state index in [-0.39, 0.29) is 17.2 Å². The van der Waals surface area contributed by atoms with E-state index in [9.17, 15) is 9.59 Å². The number of anilines is 1. The van der Waals surface area contributed by atoms with Crippen LogP contribution in [0, 0.1) is 0 Å². The molecule has 0 saturated carbocycles. The van der Waals surface area contributed by atoms with Gasteiger partial charge >= 0.3 is 0 Å². The summed E-state index contributed by atoms with van der Waals surface area (Å²) in [6, 6.07) is 3.80. The summed E-state index contributed by atoms with van der Waals surface area (Å²) in [5, 5.41) is 1.90. The maximum Gasteiger partial charge on any atom is 0.290 e. The molecule has 2 heterocycles. The van der Waals surface area contributed by atoms with Crippen LogP contribution in [0.5, 0.6) is 11.5 Å². The lowest BCUT2D eigenvalue weighted by atomic mass is 10.1. The fraction of sp³-hybridized carbons (Fsp3) is 0.375. The van der Waals surface area contributed by atoms with Crippen molar-refractivity contribution in [3.05, 3.63) is 22.6 Å². The Hall–Kier alpha value is -2.19. The zero-order valence-electron chi connectivity index (χ0n) is 13.5. The number of rotatable bonds is 4. The van der Waals surface area contributed by atoms with Gasteiger partial charge in [-0.15, -0.1) is 0 Å². The third-order valence-electron chi connectivity index (χ3n) is 4.03. The molecule has 0 radical (unpaired) electrons. The van der Waals surface area contributed by atoms with Crippen molar-refractivity contribution in [1.82, 2.24) is 5.32 Å². The largest absolute Gasteiger partial charge is 0.493 e. The average molecular weight is 349 g/mol. The Morgan fingerprint density at radius 1 is 1.29 bits per heavy atom. The number of methoxy groups -OCH3 is 2. The average Bonchev–Trinajstić information content (AvgIpc) is 3.12. The van der Waals surface area contributed by atoms with Crippen molar-refractivity contribution >= 4 is 34.7 Å². The van der Waals surface area contributed by atoms with E-state index in [0.29, 0.717) is 16.4 Å². The van der Waals surface area contributed by atoms with Crippen LogP contribution in [0.1, 0.15) is 12.0 Å². The molecule has 0 unspecified atom stereocenters. The van der Waals surface area contributed by atoms with Gasteiger partial charge in [0.05, 0.1) is 19.1 Å². The topological polar surface area (TPSA) is 93.9 Å². The lowest BCUT2D eigenvalue weighted by molar-refractivity contribution is -0.115. The zero-order valence-corrected chi connectivity index (χ0v) is 14.3. The first-order valence-corrected chi connectivity index (χ1v) is 8.35. The number of imide groups is 1. The molecular weight excluding hydrogens is 330 g/mol. The van der Waals surface area contributed by atoms with Gasteiger partial charge in [0.15, 0.2) is 11.5 Å². The maximum absolute atomic E-state index is 11.8. The fourth-order valence-corrected chi connectivity index (χ4v) is 3.51. The lowest BCUT2D eigenvalue weighted by Gasteiger charge is -2.22. The summed E-state index contributed by atoms with van der Waals surface area (Å²) in [5.41, 5.74) is 7.71. The number of nitrogens with one attached hydrogen (secondary N) is 1. The van der Waals surface area contributed by atoms with E-state index in [2.05, 4.69) is 10.2 Å². The standard InChI is InChI=1S/C16H19N3O4S/c1-22-12-5-9(6-14-15(20)18-16(21)24-14)11(7-13(12)23-2)19-4-3-10(17)8-19/h5-7,10H,3-4,8,17H2,1-2H3,(H,18,20,21)/b14-6-/t10-/m0/s1. The van der Waals surface area contributed by atoms with E-state index in [1.807, 2.05) is 12.1 Å². The molecule has 128 valence electrons. The van der Waals surface area contributed by atoms with Gasteiger partial charge in [0.25, 0.3) is 11.1 Å². The zero-order chi connectivity index (χ0) is 17.3. The number of ether oxygens (including phenoxy) is 2. The molecule has 8 heteroatoms.